The fraction of sp³-hybridized carbons (Fsp3) is 0.400. The normalized spacial score (nSPS) is 15.6. The third kappa shape index (κ3) is 3.15. The molecule has 19 heavy (non-hydrogen) atoms. The zero-order chi connectivity index (χ0) is 13.8. The van der Waals surface area contributed by atoms with Gasteiger partial charge in [0.2, 0.25) is 0 Å². The van der Waals surface area contributed by atoms with Crippen LogP contribution in [0.3, 0.4) is 0 Å². The SMILES string of the molecule is COC(=O)c1ccc(CC2=C(C)CCCN2O)cc1. The number of carbonyl (C=O) groups is 1. The molecule has 0 bridgehead atoms. The van der Waals surface area contributed by atoms with Crippen LogP contribution in [0.15, 0.2) is 35.5 Å². The van der Waals surface area contributed by atoms with Crippen LogP contribution in [0.2, 0.25) is 0 Å². The fourth-order valence-electron chi connectivity index (χ4n) is 2.31. The van der Waals surface area contributed by atoms with E-state index < -0.39 is 0 Å². The second-order valence-corrected chi connectivity index (χ2v) is 4.82. The number of methoxy groups -OCH3 is 1. The summed E-state index contributed by atoms with van der Waals surface area (Å²) in [6.07, 6.45) is 2.71. The van der Waals surface area contributed by atoms with Crippen LogP contribution in [0.5, 0.6) is 0 Å². The number of carbonyl (C=O) groups excluding carboxylic acids is 1. The van der Waals surface area contributed by atoms with Crippen molar-refractivity contribution in [1.29, 1.82) is 0 Å². The maximum Gasteiger partial charge on any atom is 0.337 e. The number of hydrogen-bond donors (Lipinski definition) is 1. The molecular formula is C15H19NO3. The van der Waals surface area contributed by atoms with Gasteiger partial charge in [-0.1, -0.05) is 17.7 Å². The van der Waals surface area contributed by atoms with Crippen molar-refractivity contribution >= 4 is 5.97 Å². The van der Waals surface area contributed by atoms with Gasteiger partial charge in [-0.15, -0.1) is 0 Å². The summed E-state index contributed by atoms with van der Waals surface area (Å²) in [6.45, 7) is 2.74. The topological polar surface area (TPSA) is 49.8 Å². The van der Waals surface area contributed by atoms with Gasteiger partial charge in [0, 0.05) is 18.7 Å². The minimum absolute atomic E-state index is 0.330. The summed E-state index contributed by atoms with van der Waals surface area (Å²) >= 11 is 0. The number of allylic oxidation sites excluding steroid dienone is 2. The second kappa shape index (κ2) is 5.89. The average Bonchev–Trinajstić information content (AvgIpc) is 2.43. The van der Waals surface area contributed by atoms with Crippen molar-refractivity contribution in [3.63, 3.8) is 0 Å². The van der Waals surface area contributed by atoms with E-state index in [0.29, 0.717) is 18.5 Å². The lowest BCUT2D eigenvalue weighted by atomic mass is 9.99. The lowest BCUT2D eigenvalue weighted by Crippen LogP contribution is -2.26. The number of esters is 1. The van der Waals surface area contributed by atoms with Crippen LogP contribution in [-0.2, 0) is 11.2 Å². The summed E-state index contributed by atoms with van der Waals surface area (Å²) in [5, 5.41) is 11.2. The molecule has 102 valence electrons. The smallest absolute Gasteiger partial charge is 0.337 e. The summed E-state index contributed by atoms with van der Waals surface area (Å²) in [7, 11) is 1.37. The molecule has 0 fully saturated rings. The van der Waals surface area contributed by atoms with E-state index in [-0.39, 0.29) is 5.97 Å². The third-order valence-corrected chi connectivity index (χ3v) is 3.47. The Morgan fingerprint density at radius 2 is 2.05 bits per heavy atom. The van der Waals surface area contributed by atoms with Crippen LogP contribution < -0.4 is 0 Å². The predicted molar refractivity (Wildman–Crippen MR) is 71.9 cm³/mol. The second-order valence-electron chi connectivity index (χ2n) is 4.82. The molecule has 1 aromatic carbocycles. The van der Waals surface area contributed by atoms with Crippen molar-refractivity contribution in [3.8, 4) is 0 Å². The molecule has 0 amide bonds. The summed E-state index contributed by atoms with van der Waals surface area (Å²) in [4.78, 5) is 11.3. The first kappa shape index (κ1) is 13.6. The zero-order valence-corrected chi connectivity index (χ0v) is 11.3. The van der Waals surface area contributed by atoms with Gasteiger partial charge in [-0.25, -0.2) is 4.79 Å². The molecular weight excluding hydrogens is 242 g/mol. The number of nitrogens with zero attached hydrogens (tertiary/aromatic N) is 1. The molecule has 1 heterocycles. The van der Waals surface area contributed by atoms with E-state index in [2.05, 4.69) is 11.7 Å². The number of benzene rings is 1. The highest BCUT2D eigenvalue weighted by molar-refractivity contribution is 5.89. The Balaban J connectivity index is 2.13. The summed E-state index contributed by atoms with van der Waals surface area (Å²) < 4.78 is 4.66. The number of hydrogen-bond acceptors (Lipinski definition) is 4. The van der Waals surface area contributed by atoms with Crippen molar-refractivity contribution in [2.75, 3.05) is 13.7 Å². The predicted octanol–water partition coefficient (Wildman–Crippen LogP) is 2.77. The summed E-state index contributed by atoms with van der Waals surface area (Å²) in [5.74, 6) is -0.330. The lowest BCUT2D eigenvalue weighted by molar-refractivity contribution is -0.0643. The van der Waals surface area contributed by atoms with Gasteiger partial charge in [-0.3, -0.25) is 10.3 Å². The minimum atomic E-state index is -0.330. The lowest BCUT2D eigenvalue weighted by Gasteiger charge is -2.27. The van der Waals surface area contributed by atoms with Crippen LogP contribution in [0, 0.1) is 0 Å². The molecule has 0 aromatic heterocycles. The molecule has 0 atom stereocenters. The van der Waals surface area contributed by atoms with Gasteiger partial charge in [0.1, 0.15) is 0 Å². The molecule has 4 nitrogen and oxygen atoms in total. The van der Waals surface area contributed by atoms with Crippen molar-refractivity contribution in [1.82, 2.24) is 5.06 Å². The van der Waals surface area contributed by atoms with Gasteiger partial charge in [-0.2, -0.15) is 0 Å². The first-order chi connectivity index (χ1) is 9.11. The van der Waals surface area contributed by atoms with Crippen molar-refractivity contribution in [2.45, 2.75) is 26.2 Å². The van der Waals surface area contributed by atoms with Crippen molar-refractivity contribution in [2.24, 2.45) is 0 Å². The Morgan fingerprint density at radius 1 is 1.37 bits per heavy atom. The monoisotopic (exact) mass is 261 g/mol. The maximum atomic E-state index is 11.3. The van der Waals surface area contributed by atoms with Gasteiger partial charge in [0.15, 0.2) is 0 Å². The van der Waals surface area contributed by atoms with Gasteiger partial charge in [0.05, 0.1) is 12.7 Å². The highest BCUT2D eigenvalue weighted by Crippen LogP contribution is 2.23. The summed E-state index contributed by atoms with van der Waals surface area (Å²) in [6, 6.07) is 7.30. The molecule has 0 unspecified atom stereocenters. The highest BCUT2D eigenvalue weighted by Gasteiger charge is 2.16. The Morgan fingerprint density at radius 3 is 2.63 bits per heavy atom. The third-order valence-electron chi connectivity index (χ3n) is 3.47. The molecule has 1 aliphatic heterocycles. The highest BCUT2D eigenvalue weighted by atomic mass is 16.5. The Bertz CT molecular complexity index is 491. The van der Waals surface area contributed by atoms with E-state index in [9.17, 15) is 10.0 Å². The molecule has 1 aliphatic rings. The van der Waals surface area contributed by atoms with E-state index >= 15 is 0 Å². The van der Waals surface area contributed by atoms with E-state index in [1.54, 1.807) is 12.1 Å². The van der Waals surface area contributed by atoms with Crippen LogP contribution in [0.4, 0.5) is 0 Å². The average molecular weight is 261 g/mol. The molecule has 1 aromatic rings. The molecule has 0 radical (unpaired) electrons. The fourth-order valence-corrected chi connectivity index (χ4v) is 2.31. The first-order valence-electron chi connectivity index (χ1n) is 6.44. The standard InChI is InChI=1S/C15H19NO3/c1-11-4-3-9-16(18)14(11)10-12-5-7-13(8-6-12)15(17)19-2/h5-8,18H,3-4,9-10H2,1-2H3. The van der Waals surface area contributed by atoms with E-state index in [1.807, 2.05) is 12.1 Å². The first-order valence-corrected chi connectivity index (χ1v) is 6.44. The molecule has 0 aliphatic carbocycles. The Kier molecular flexibility index (Phi) is 4.22. The molecule has 0 saturated carbocycles. The van der Waals surface area contributed by atoms with E-state index in [0.717, 1.165) is 24.1 Å². The van der Waals surface area contributed by atoms with Crippen LogP contribution in [0.25, 0.3) is 0 Å². The summed E-state index contributed by atoms with van der Waals surface area (Å²) in [5.41, 5.74) is 3.81. The van der Waals surface area contributed by atoms with Gasteiger partial charge >= 0.3 is 5.97 Å². The van der Waals surface area contributed by atoms with Gasteiger partial charge in [-0.05, 0) is 37.5 Å². The van der Waals surface area contributed by atoms with Crippen molar-refractivity contribution in [3.05, 3.63) is 46.7 Å². The van der Waals surface area contributed by atoms with Crippen molar-refractivity contribution < 1.29 is 14.7 Å². The minimum Gasteiger partial charge on any atom is -0.465 e. The molecule has 0 saturated heterocycles. The Labute approximate surface area is 113 Å². The largest absolute Gasteiger partial charge is 0.465 e. The van der Waals surface area contributed by atoms with E-state index in [1.165, 1.54) is 17.7 Å². The van der Waals surface area contributed by atoms with Crippen LogP contribution >= 0.6 is 0 Å². The Hall–Kier alpha value is -1.81. The number of hydroxylamine groups is 2. The number of rotatable bonds is 3. The molecule has 2 rings (SSSR count). The van der Waals surface area contributed by atoms with Gasteiger partial charge < -0.3 is 4.74 Å². The molecule has 4 heteroatoms. The van der Waals surface area contributed by atoms with Crippen LogP contribution in [-0.4, -0.2) is 29.9 Å². The number of ether oxygens (including phenoxy) is 1. The zero-order valence-electron chi connectivity index (χ0n) is 11.3. The van der Waals surface area contributed by atoms with Crippen LogP contribution in [0.1, 0.15) is 35.7 Å². The van der Waals surface area contributed by atoms with Gasteiger partial charge in [0.25, 0.3) is 0 Å². The van der Waals surface area contributed by atoms with E-state index in [4.69, 9.17) is 0 Å². The molecule has 1 N–H and O–H groups in total. The maximum absolute atomic E-state index is 11.3. The molecule has 0 spiro atoms. The quantitative estimate of drug-likeness (QED) is 0.850.